The molecule has 2 nitrogen and oxygen atoms in total. The number of rotatable bonds is 4. The molecule has 1 fully saturated rings. The molecule has 0 aliphatic carbocycles. The zero-order chi connectivity index (χ0) is 10.5. The van der Waals surface area contributed by atoms with E-state index in [0.717, 1.165) is 11.4 Å². The predicted molar refractivity (Wildman–Crippen MR) is 63.6 cm³/mol. The van der Waals surface area contributed by atoms with Crippen LogP contribution >= 0.6 is 11.3 Å². The lowest BCUT2D eigenvalue weighted by molar-refractivity contribution is 0.0962. The standard InChI is InChI=1S/C12H17NOS/c14-11(12-5-4-10-15-12)6-9-13-7-2-1-3-8-13/h4-5,10H,1-3,6-9H2. The first kappa shape index (κ1) is 10.8. The van der Waals surface area contributed by atoms with E-state index in [1.54, 1.807) is 11.3 Å². The molecular weight excluding hydrogens is 206 g/mol. The Labute approximate surface area is 94.9 Å². The van der Waals surface area contributed by atoms with Crippen LogP contribution in [0, 0.1) is 0 Å². The Morgan fingerprint density at radius 3 is 2.80 bits per heavy atom. The van der Waals surface area contributed by atoms with Crippen LogP contribution < -0.4 is 0 Å². The number of hydrogen-bond acceptors (Lipinski definition) is 3. The van der Waals surface area contributed by atoms with Gasteiger partial charge in [-0.1, -0.05) is 12.5 Å². The van der Waals surface area contributed by atoms with Gasteiger partial charge in [-0.2, -0.15) is 0 Å². The molecule has 0 unspecified atom stereocenters. The number of piperidine rings is 1. The second kappa shape index (κ2) is 5.42. The van der Waals surface area contributed by atoms with Gasteiger partial charge in [0.2, 0.25) is 0 Å². The van der Waals surface area contributed by atoms with Gasteiger partial charge < -0.3 is 4.90 Å². The number of carbonyl (C=O) groups excluding carboxylic acids is 1. The summed E-state index contributed by atoms with van der Waals surface area (Å²) in [6.45, 7) is 3.30. The maximum atomic E-state index is 11.7. The molecule has 1 aromatic rings. The summed E-state index contributed by atoms with van der Waals surface area (Å²) in [5.74, 6) is 0.301. The van der Waals surface area contributed by atoms with Gasteiger partial charge in [0.15, 0.2) is 5.78 Å². The molecule has 1 aromatic heterocycles. The molecule has 0 saturated carbocycles. The van der Waals surface area contributed by atoms with E-state index in [1.807, 2.05) is 17.5 Å². The van der Waals surface area contributed by atoms with Crippen molar-refractivity contribution in [2.75, 3.05) is 19.6 Å². The van der Waals surface area contributed by atoms with Gasteiger partial charge in [0.1, 0.15) is 0 Å². The van der Waals surface area contributed by atoms with Crippen molar-refractivity contribution in [3.63, 3.8) is 0 Å². The van der Waals surface area contributed by atoms with Crippen molar-refractivity contribution in [2.24, 2.45) is 0 Å². The van der Waals surface area contributed by atoms with Crippen LogP contribution in [0.25, 0.3) is 0 Å². The maximum absolute atomic E-state index is 11.7. The molecule has 0 spiro atoms. The van der Waals surface area contributed by atoms with Crippen LogP contribution in [-0.2, 0) is 0 Å². The molecule has 2 rings (SSSR count). The smallest absolute Gasteiger partial charge is 0.174 e. The van der Waals surface area contributed by atoms with E-state index in [-0.39, 0.29) is 0 Å². The van der Waals surface area contributed by atoms with Crippen molar-refractivity contribution >= 4 is 17.1 Å². The summed E-state index contributed by atoms with van der Waals surface area (Å²) in [5, 5.41) is 1.97. The Hall–Kier alpha value is -0.670. The van der Waals surface area contributed by atoms with Crippen LogP contribution in [0.15, 0.2) is 17.5 Å². The third-order valence-corrected chi connectivity index (χ3v) is 3.81. The molecular formula is C12H17NOS. The summed E-state index contributed by atoms with van der Waals surface area (Å²) >= 11 is 1.55. The first-order chi connectivity index (χ1) is 7.36. The van der Waals surface area contributed by atoms with Crippen LogP contribution in [0.2, 0.25) is 0 Å². The van der Waals surface area contributed by atoms with Crippen molar-refractivity contribution in [2.45, 2.75) is 25.7 Å². The van der Waals surface area contributed by atoms with Crippen LogP contribution in [0.3, 0.4) is 0 Å². The van der Waals surface area contributed by atoms with Crippen molar-refractivity contribution in [1.29, 1.82) is 0 Å². The quantitative estimate of drug-likeness (QED) is 0.732. The maximum Gasteiger partial charge on any atom is 0.174 e. The van der Waals surface area contributed by atoms with Gasteiger partial charge in [-0.15, -0.1) is 11.3 Å². The number of Topliss-reactive ketones (excluding diaryl/α,β-unsaturated/α-hetero) is 1. The molecule has 1 aliphatic heterocycles. The monoisotopic (exact) mass is 223 g/mol. The summed E-state index contributed by atoms with van der Waals surface area (Å²) in [5.41, 5.74) is 0. The third-order valence-electron chi connectivity index (χ3n) is 2.90. The van der Waals surface area contributed by atoms with Gasteiger partial charge in [-0.05, 0) is 37.4 Å². The number of ketones is 1. The summed E-state index contributed by atoms with van der Waals surface area (Å²) < 4.78 is 0. The Morgan fingerprint density at radius 1 is 1.33 bits per heavy atom. The summed E-state index contributed by atoms with van der Waals surface area (Å²) in [4.78, 5) is 15.1. The SMILES string of the molecule is O=C(CCN1CCCCC1)c1cccs1. The topological polar surface area (TPSA) is 20.3 Å². The van der Waals surface area contributed by atoms with Gasteiger partial charge in [-0.3, -0.25) is 4.79 Å². The first-order valence-electron chi connectivity index (χ1n) is 5.65. The van der Waals surface area contributed by atoms with Gasteiger partial charge in [0, 0.05) is 13.0 Å². The number of carbonyl (C=O) groups is 1. The normalized spacial score (nSPS) is 17.9. The Kier molecular flexibility index (Phi) is 3.92. The lowest BCUT2D eigenvalue weighted by atomic mass is 10.1. The lowest BCUT2D eigenvalue weighted by Crippen LogP contribution is -2.31. The Morgan fingerprint density at radius 2 is 2.13 bits per heavy atom. The van der Waals surface area contributed by atoms with E-state index in [2.05, 4.69) is 4.90 Å². The van der Waals surface area contributed by atoms with E-state index in [1.165, 1.54) is 32.4 Å². The van der Waals surface area contributed by atoms with Gasteiger partial charge in [-0.25, -0.2) is 0 Å². The van der Waals surface area contributed by atoms with Gasteiger partial charge in [0.05, 0.1) is 4.88 Å². The second-order valence-corrected chi connectivity index (χ2v) is 5.00. The Balaban J connectivity index is 1.75. The highest BCUT2D eigenvalue weighted by molar-refractivity contribution is 7.12. The fourth-order valence-corrected chi connectivity index (χ4v) is 2.70. The molecule has 0 aromatic carbocycles. The van der Waals surface area contributed by atoms with E-state index in [0.29, 0.717) is 12.2 Å². The van der Waals surface area contributed by atoms with E-state index < -0.39 is 0 Å². The molecule has 0 amide bonds. The molecule has 15 heavy (non-hydrogen) atoms. The molecule has 0 radical (unpaired) electrons. The highest BCUT2D eigenvalue weighted by atomic mass is 32.1. The number of likely N-dealkylation sites (tertiary alicyclic amines) is 1. The average Bonchev–Trinajstić information content (AvgIpc) is 2.81. The highest BCUT2D eigenvalue weighted by Crippen LogP contribution is 2.13. The zero-order valence-corrected chi connectivity index (χ0v) is 9.76. The summed E-state index contributed by atoms with van der Waals surface area (Å²) in [7, 11) is 0. The molecule has 3 heteroatoms. The van der Waals surface area contributed by atoms with Crippen molar-refractivity contribution in [3.8, 4) is 0 Å². The molecule has 2 heterocycles. The first-order valence-corrected chi connectivity index (χ1v) is 6.53. The Bertz CT molecular complexity index is 301. The summed E-state index contributed by atoms with van der Waals surface area (Å²) in [6, 6.07) is 3.86. The molecule has 0 bridgehead atoms. The molecule has 0 atom stereocenters. The highest BCUT2D eigenvalue weighted by Gasteiger charge is 2.12. The van der Waals surface area contributed by atoms with Crippen molar-refractivity contribution in [1.82, 2.24) is 4.90 Å². The predicted octanol–water partition coefficient (Wildman–Crippen LogP) is 2.81. The van der Waals surface area contributed by atoms with Crippen LogP contribution in [-0.4, -0.2) is 30.3 Å². The van der Waals surface area contributed by atoms with E-state index in [9.17, 15) is 4.79 Å². The number of hydrogen-bond donors (Lipinski definition) is 0. The lowest BCUT2D eigenvalue weighted by Gasteiger charge is -2.25. The molecule has 0 N–H and O–H groups in total. The number of thiophene rings is 1. The fraction of sp³-hybridized carbons (Fsp3) is 0.583. The molecule has 82 valence electrons. The molecule has 1 aliphatic rings. The second-order valence-electron chi connectivity index (χ2n) is 4.05. The minimum absolute atomic E-state index is 0.301. The summed E-state index contributed by atoms with van der Waals surface area (Å²) in [6.07, 6.45) is 4.64. The van der Waals surface area contributed by atoms with Gasteiger partial charge >= 0.3 is 0 Å². The zero-order valence-electron chi connectivity index (χ0n) is 8.95. The van der Waals surface area contributed by atoms with Crippen LogP contribution in [0.4, 0.5) is 0 Å². The number of nitrogens with zero attached hydrogens (tertiary/aromatic N) is 1. The van der Waals surface area contributed by atoms with Crippen LogP contribution in [0.1, 0.15) is 35.4 Å². The van der Waals surface area contributed by atoms with Crippen molar-refractivity contribution < 1.29 is 4.79 Å². The minimum Gasteiger partial charge on any atom is -0.303 e. The van der Waals surface area contributed by atoms with Crippen molar-refractivity contribution in [3.05, 3.63) is 22.4 Å². The van der Waals surface area contributed by atoms with Gasteiger partial charge in [0.25, 0.3) is 0 Å². The average molecular weight is 223 g/mol. The van der Waals surface area contributed by atoms with E-state index in [4.69, 9.17) is 0 Å². The largest absolute Gasteiger partial charge is 0.303 e. The molecule has 1 saturated heterocycles. The minimum atomic E-state index is 0.301. The fourth-order valence-electron chi connectivity index (χ4n) is 2.00. The van der Waals surface area contributed by atoms with E-state index >= 15 is 0 Å². The van der Waals surface area contributed by atoms with Crippen LogP contribution in [0.5, 0.6) is 0 Å². The third kappa shape index (κ3) is 3.14.